The van der Waals surface area contributed by atoms with E-state index in [0.29, 0.717) is 12.0 Å². The van der Waals surface area contributed by atoms with E-state index < -0.39 is 0 Å². The van der Waals surface area contributed by atoms with Crippen molar-refractivity contribution >= 4 is 11.3 Å². The quantitative estimate of drug-likeness (QED) is 0.842. The molecule has 108 valence electrons. The Balaban J connectivity index is 2.13. The van der Waals surface area contributed by atoms with Gasteiger partial charge in [0.15, 0.2) is 0 Å². The van der Waals surface area contributed by atoms with Crippen LogP contribution in [0.5, 0.6) is 0 Å². The van der Waals surface area contributed by atoms with Crippen molar-refractivity contribution in [3.05, 3.63) is 16.1 Å². The second-order valence-electron chi connectivity index (χ2n) is 6.33. The Morgan fingerprint density at radius 1 is 1.42 bits per heavy atom. The summed E-state index contributed by atoms with van der Waals surface area (Å²) in [6.07, 6.45) is 5.51. The van der Waals surface area contributed by atoms with E-state index in [4.69, 9.17) is 4.98 Å². The average molecular weight is 280 g/mol. The van der Waals surface area contributed by atoms with Gasteiger partial charge in [0, 0.05) is 5.38 Å². The van der Waals surface area contributed by atoms with E-state index in [-0.39, 0.29) is 0 Å². The van der Waals surface area contributed by atoms with Crippen LogP contribution in [0, 0.1) is 11.8 Å². The molecule has 0 bridgehead atoms. The van der Waals surface area contributed by atoms with Crippen LogP contribution in [0.3, 0.4) is 0 Å². The van der Waals surface area contributed by atoms with Gasteiger partial charge in [-0.2, -0.15) is 0 Å². The van der Waals surface area contributed by atoms with Gasteiger partial charge in [0.05, 0.1) is 11.7 Å². The van der Waals surface area contributed by atoms with Crippen LogP contribution in [0.2, 0.25) is 0 Å². The molecule has 0 aromatic carbocycles. The molecule has 0 amide bonds. The molecular weight excluding hydrogens is 252 g/mol. The lowest BCUT2D eigenvalue weighted by Gasteiger charge is -2.32. The van der Waals surface area contributed by atoms with Crippen molar-refractivity contribution in [3.8, 4) is 0 Å². The molecule has 3 heteroatoms. The maximum absolute atomic E-state index is 4.88. The summed E-state index contributed by atoms with van der Waals surface area (Å²) in [5.74, 6) is 2.19. The van der Waals surface area contributed by atoms with Crippen LogP contribution in [0.1, 0.15) is 76.0 Å². The Bertz CT molecular complexity index is 386. The van der Waals surface area contributed by atoms with Crippen molar-refractivity contribution in [1.29, 1.82) is 0 Å². The molecule has 3 unspecified atom stereocenters. The molecule has 1 aliphatic rings. The van der Waals surface area contributed by atoms with Gasteiger partial charge < -0.3 is 5.32 Å². The molecule has 3 atom stereocenters. The van der Waals surface area contributed by atoms with Crippen molar-refractivity contribution in [1.82, 2.24) is 10.3 Å². The summed E-state index contributed by atoms with van der Waals surface area (Å²) >= 11 is 1.85. The molecule has 1 heterocycles. The van der Waals surface area contributed by atoms with Gasteiger partial charge in [-0.3, -0.25) is 0 Å². The van der Waals surface area contributed by atoms with Crippen LogP contribution < -0.4 is 5.32 Å². The standard InChI is InChI=1S/C16H28N2S/c1-5-17-15(13-8-6-7-12(4)9-13)16-18-14(10-19-16)11(2)3/h10-13,15,17H,5-9H2,1-4H3. The van der Waals surface area contributed by atoms with Crippen LogP contribution in [0.15, 0.2) is 5.38 Å². The van der Waals surface area contributed by atoms with Crippen LogP contribution in [-0.4, -0.2) is 11.5 Å². The summed E-state index contributed by atoms with van der Waals surface area (Å²) < 4.78 is 0. The maximum atomic E-state index is 4.88. The van der Waals surface area contributed by atoms with E-state index in [9.17, 15) is 0 Å². The minimum Gasteiger partial charge on any atom is -0.308 e. The second-order valence-corrected chi connectivity index (χ2v) is 7.22. The number of aromatic nitrogens is 1. The number of rotatable bonds is 5. The second kappa shape index (κ2) is 6.85. The molecule has 2 rings (SSSR count). The fourth-order valence-corrected chi connectivity index (χ4v) is 4.31. The van der Waals surface area contributed by atoms with E-state index in [2.05, 4.69) is 38.4 Å². The van der Waals surface area contributed by atoms with Crippen LogP contribution >= 0.6 is 11.3 Å². The van der Waals surface area contributed by atoms with Crippen LogP contribution in [0.4, 0.5) is 0 Å². The molecule has 19 heavy (non-hydrogen) atoms. The predicted molar refractivity (Wildman–Crippen MR) is 83.7 cm³/mol. The number of thiazole rings is 1. The summed E-state index contributed by atoms with van der Waals surface area (Å²) in [5.41, 5.74) is 1.26. The highest BCUT2D eigenvalue weighted by Crippen LogP contribution is 2.38. The molecular formula is C16H28N2S. The van der Waals surface area contributed by atoms with E-state index in [1.165, 1.54) is 36.4 Å². The minimum absolute atomic E-state index is 0.477. The Hall–Kier alpha value is -0.410. The highest BCUT2D eigenvalue weighted by molar-refractivity contribution is 7.09. The molecule has 2 nitrogen and oxygen atoms in total. The summed E-state index contributed by atoms with van der Waals surface area (Å²) in [4.78, 5) is 4.88. The van der Waals surface area contributed by atoms with Crippen LogP contribution in [-0.2, 0) is 0 Å². The van der Waals surface area contributed by atoms with Gasteiger partial charge >= 0.3 is 0 Å². The Kier molecular flexibility index (Phi) is 5.40. The number of hydrogen-bond acceptors (Lipinski definition) is 3. The SMILES string of the molecule is CCNC(c1nc(C(C)C)cs1)C1CCCC(C)C1. The van der Waals surface area contributed by atoms with E-state index in [0.717, 1.165) is 18.4 Å². The monoisotopic (exact) mass is 280 g/mol. The fraction of sp³-hybridized carbons (Fsp3) is 0.812. The van der Waals surface area contributed by atoms with Crippen molar-refractivity contribution < 1.29 is 0 Å². The van der Waals surface area contributed by atoms with Crippen molar-refractivity contribution in [3.63, 3.8) is 0 Å². The van der Waals surface area contributed by atoms with E-state index >= 15 is 0 Å². The molecule has 1 aliphatic carbocycles. The molecule has 1 saturated carbocycles. The first-order chi connectivity index (χ1) is 9.11. The van der Waals surface area contributed by atoms with E-state index in [1.54, 1.807) is 0 Å². The maximum Gasteiger partial charge on any atom is 0.110 e. The third kappa shape index (κ3) is 3.79. The molecule has 0 aliphatic heterocycles. The third-order valence-corrected chi connectivity index (χ3v) is 5.22. The summed E-state index contributed by atoms with van der Waals surface area (Å²) in [6, 6.07) is 0.477. The first-order valence-corrected chi connectivity index (χ1v) is 8.68. The van der Waals surface area contributed by atoms with Gasteiger partial charge in [0.25, 0.3) is 0 Å². The average Bonchev–Trinajstić information content (AvgIpc) is 2.85. The number of hydrogen-bond donors (Lipinski definition) is 1. The predicted octanol–water partition coefficient (Wildman–Crippen LogP) is 4.74. The topological polar surface area (TPSA) is 24.9 Å². The fourth-order valence-electron chi connectivity index (χ4n) is 3.17. The first kappa shape index (κ1) is 15.0. The van der Waals surface area contributed by atoms with Gasteiger partial charge in [-0.15, -0.1) is 11.3 Å². The number of nitrogens with one attached hydrogen (secondary N) is 1. The van der Waals surface area contributed by atoms with Gasteiger partial charge in [-0.25, -0.2) is 4.98 Å². The molecule has 1 aromatic heterocycles. The largest absolute Gasteiger partial charge is 0.308 e. The Morgan fingerprint density at radius 2 is 2.21 bits per heavy atom. The summed E-state index contributed by atoms with van der Waals surface area (Å²) in [6.45, 7) is 10.1. The van der Waals surface area contributed by atoms with Gasteiger partial charge in [-0.05, 0) is 37.1 Å². The molecule has 1 N–H and O–H groups in total. The summed E-state index contributed by atoms with van der Waals surface area (Å²) in [5, 5.41) is 7.25. The summed E-state index contributed by atoms with van der Waals surface area (Å²) in [7, 11) is 0. The number of nitrogens with zero attached hydrogens (tertiary/aromatic N) is 1. The van der Waals surface area contributed by atoms with Gasteiger partial charge in [-0.1, -0.05) is 40.5 Å². The first-order valence-electron chi connectivity index (χ1n) is 7.80. The Labute approximate surface area is 122 Å². The lowest BCUT2D eigenvalue weighted by molar-refractivity contribution is 0.225. The highest BCUT2D eigenvalue weighted by atomic mass is 32.1. The van der Waals surface area contributed by atoms with Crippen LogP contribution in [0.25, 0.3) is 0 Å². The zero-order valence-electron chi connectivity index (χ0n) is 12.8. The van der Waals surface area contributed by atoms with Crippen molar-refractivity contribution in [2.45, 2.75) is 65.3 Å². The third-order valence-electron chi connectivity index (χ3n) is 4.27. The van der Waals surface area contributed by atoms with Gasteiger partial charge in [0.2, 0.25) is 0 Å². The smallest absolute Gasteiger partial charge is 0.110 e. The van der Waals surface area contributed by atoms with Gasteiger partial charge in [0.1, 0.15) is 5.01 Å². The highest BCUT2D eigenvalue weighted by Gasteiger charge is 2.29. The molecule has 0 saturated heterocycles. The lowest BCUT2D eigenvalue weighted by Crippen LogP contribution is -2.31. The van der Waals surface area contributed by atoms with Crippen molar-refractivity contribution in [2.75, 3.05) is 6.54 Å². The Morgan fingerprint density at radius 3 is 2.79 bits per heavy atom. The molecule has 1 fully saturated rings. The van der Waals surface area contributed by atoms with Crippen molar-refractivity contribution in [2.24, 2.45) is 11.8 Å². The zero-order chi connectivity index (χ0) is 13.8. The normalized spacial score (nSPS) is 25.7. The van der Waals surface area contributed by atoms with E-state index in [1.807, 2.05) is 11.3 Å². The minimum atomic E-state index is 0.477. The zero-order valence-corrected chi connectivity index (χ0v) is 13.6. The molecule has 0 radical (unpaired) electrons. The molecule has 0 spiro atoms. The lowest BCUT2D eigenvalue weighted by atomic mass is 9.78. The molecule has 1 aromatic rings.